The molecule has 8 heteroatoms. The number of piperidine rings is 1. The Balaban J connectivity index is 0.00000156. The van der Waals surface area contributed by atoms with Crippen molar-refractivity contribution < 1.29 is 4.79 Å². The molecule has 0 spiro atoms. The molecule has 25 heavy (non-hydrogen) atoms. The van der Waals surface area contributed by atoms with Crippen molar-refractivity contribution in [3.05, 3.63) is 17.6 Å². The van der Waals surface area contributed by atoms with Gasteiger partial charge in [0.15, 0.2) is 0 Å². The van der Waals surface area contributed by atoms with E-state index in [1.807, 2.05) is 19.9 Å². The molecule has 2 fully saturated rings. The Bertz CT molecular complexity index is 558. The van der Waals surface area contributed by atoms with Crippen LogP contribution in [0.4, 0.5) is 5.82 Å². The summed E-state index contributed by atoms with van der Waals surface area (Å²) in [7, 11) is 0. The molecule has 142 valence electrons. The topological polar surface area (TPSA) is 84.1 Å². The molecule has 1 saturated carbocycles. The van der Waals surface area contributed by atoms with Crippen molar-refractivity contribution in [2.24, 2.45) is 11.7 Å². The Kier molecular flexibility index (Phi) is 8.38. The van der Waals surface area contributed by atoms with Crippen molar-refractivity contribution in [3.63, 3.8) is 0 Å². The van der Waals surface area contributed by atoms with Crippen molar-refractivity contribution in [2.45, 2.75) is 58.0 Å². The van der Waals surface area contributed by atoms with E-state index < -0.39 is 0 Å². The number of aryl methyl sites for hydroxylation is 2. The standard InChI is InChI=1S/C17H27N5O.2ClH/c1-11-9-16(20-12(2)19-11)22-7-5-15(6-8-22)21-17(23)13-3-4-14(18)10-13;;/h9,13-15H,3-8,10,18H2,1-2H3,(H,21,23);2*1H. The third-order valence-electron chi connectivity index (χ3n) is 4.96. The third-order valence-corrected chi connectivity index (χ3v) is 4.96. The van der Waals surface area contributed by atoms with Crippen LogP contribution in [0.3, 0.4) is 0 Å². The molecule has 0 radical (unpaired) electrons. The van der Waals surface area contributed by atoms with E-state index in [1.165, 1.54) is 0 Å². The number of carbonyl (C=O) groups excluding carboxylic acids is 1. The predicted molar refractivity (Wildman–Crippen MR) is 105 cm³/mol. The van der Waals surface area contributed by atoms with Gasteiger partial charge in [0.1, 0.15) is 11.6 Å². The van der Waals surface area contributed by atoms with Gasteiger partial charge in [-0.3, -0.25) is 4.79 Å². The van der Waals surface area contributed by atoms with Crippen molar-refractivity contribution in [3.8, 4) is 0 Å². The maximum Gasteiger partial charge on any atom is 0.223 e. The summed E-state index contributed by atoms with van der Waals surface area (Å²) in [6.07, 6.45) is 4.68. The Morgan fingerprint density at radius 1 is 1.16 bits per heavy atom. The first-order valence-electron chi connectivity index (χ1n) is 8.64. The Labute approximate surface area is 162 Å². The number of halogens is 2. The summed E-state index contributed by atoms with van der Waals surface area (Å²) in [4.78, 5) is 23.4. The molecule has 1 aliphatic heterocycles. The largest absolute Gasteiger partial charge is 0.356 e. The molecule has 1 aliphatic carbocycles. The van der Waals surface area contributed by atoms with Gasteiger partial charge in [-0.15, -0.1) is 24.8 Å². The van der Waals surface area contributed by atoms with Crippen LogP contribution >= 0.6 is 24.8 Å². The molecule has 2 aliphatic rings. The van der Waals surface area contributed by atoms with Gasteiger partial charge in [-0.1, -0.05) is 0 Å². The summed E-state index contributed by atoms with van der Waals surface area (Å²) in [5, 5.41) is 3.22. The Morgan fingerprint density at radius 2 is 1.84 bits per heavy atom. The van der Waals surface area contributed by atoms with Crippen LogP contribution in [0.25, 0.3) is 0 Å². The number of hydrogen-bond acceptors (Lipinski definition) is 5. The fourth-order valence-electron chi connectivity index (χ4n) is 3.69. The van der Waals surface area contributed by atoms with Gasteiger partial charge in [0.05, 0.1) is 0 Å². The van der Waals surface area contributed by atoms with E-state index >= 15 is 0 Å². The molecule has 1 aromatic heterocycles. The summed E-state index contributed by atoms with van der Waals surface area (Å²) in [5.74, 6) is 2.13. The second-order valence-corrected chi connectivity index (χ2v) is 6.95. The minimum atomic E-state index is 0. The third kappa shape index (κ3) is 5.69. The van der Waals surface area contributed by atoms with E-state index in [1.54, 1.807) is 0 Å². The molecule has 2 heterocycles. The minimum Gasteiger partial charge on any atom is -0.356 e. The van der Waals surface area contributed by atoms with Crippen LogP contribution in [0, 0.1) is 19.8 Å². The van der Waals surface area contributed by atoms with Crippen LogP contribution in [0.2, 0.25) is 0 Å². The summed E-state index contributed by atoms with van der Waals surface area (Å²) in [5.41, 5.74) is 6.90. The summed E-state index contributed by atoms with van der Waals surface area (Å²) < 4.78 is 0. The summed E-state index contributed by atoms with van der Waals surface area (Å²) in [6.45, 7) is 5.77. The van der Waals surface area contributed by atoms with Crippen LogP contribution in [-0.2, 0) is 4.79 Å². The lowest BCUT2D eigenvalue weighted by atomic mass is 10.0. The van der Waals surface area contributed by atoms with Gasteiger partial charge in [0.25, 0.3) is 0 Å². The van der Waals surface area contributed by atoms with E-state index in [0.717, 1.165) is 62.5 Å². The number of amides is 1. The van der Waals surface area contributed by atoms with E-state index in [2.05, 4.69) is 20.2 Å². The average Bonchev–Trinajstić information content (AvgIpc) is 2.94. The first-order valence-corrected chi connectivity index (χ1v) is 8.64. The zero-order chi connectivity index (χ0) is 16.4. The average molecular weight is 390 g/mol. The predicted octanol–water partition coefficient (Wildman–Crippen LogP) is 2.15. The minimum absolute atomic E-state index is 0. The van der Waals surface area contributed by atoms with Crippen LogP contribution in [0.15, 0.2) is 6.07 Å². The SMILES string of the molecule is Cc1cc(N2CCC(NC(=O)C3CCC(N)C3)CC2)nc(C)n1.Cl.Cl. The lowest BCUT2D eigenvalue weighted by molar-refractivity contribution is -0.125. The molecule has 2 atom stereocenters. The second-order valence-electron chi connectivity index (χ2n) is 6.95. The first kappa shape index (κ1) is 21.9. The zero-order valence-corrected chi connectivity index (χ0v) is 16.5. The van der Waals surface area contributed by atoms with Gasteiger partial charge in [0, 0.05) is 42.9 Å². The molecule has 0 aromatic carbocycles. The van der Waals surface area contributed by atoms with Crippen LogP contribution in [0.1, 0.15) is 43.6 Å². The van der Waals surface area contributed by atoms with E-state index in [4.69, 9.17) is 5.73 Å². The first-order chi connectivity index (χ1) is 11.0. The Morgan fingerprint density at radius 3 is 2.40 bits per heavy atom. The zero-order valence-electron chi connectivity index (χ0n) is 14.9. The highest BCUT2D eigenvalue weighted by atomic mass is 35.5. The molecule has 1 saturated heterocycles. The lowest BCUT2D eigenvalue weighted by Gasteiger charge is -2.33. The quantitative estimate of drug-likeness (QED) is 0.826. The molecular formula is C17H29Cl2N5O. The number of rotatable bonds is 3. The molecule has 1 aromatic rings. The Hall–Kier alpha value is -1.11. The van der Waals surface area contributed by atoms with Gasteiger partial charge < -0.3 is 16.0 Å². The summed E-state index contributed by atoms with van der Waals surface area (Å²) in [6, 6.07) is 2.52. The normalized spacial score (nSPS) is 23.6. The number of aromatic nitrogens is 2. The number of nitrogens with one attached hydrogen (secondary N) is 1. The number of anilines is 1. The van der Waals surface area contributed by atoms with Gasteiger partial charge in [-0.05, 0) is 46.0 Å². The molecule has 6 nitrogen and oxygen atoms in total. The van der Waals surface area contributed by atoms with E-state index in [9.17, 15) is 4.79 Å². The van der Waals surface area contributed by atoms with Gasteiger partial charge >= 0.3 is 0 Å². The number of hydrogen-bond donors (Lipinski definition) is 2. The highest BCUT2D eigenvalue weighted by Gasteiger charge is 2.30. The highest BCUT2D eigenvalue weighted by Crippen LogP contribution is 2.25. The van der Waals surface area contributed by atoms with Crippen LogP contribution in [-0.4, -0.2) is 41.0 Å². The number of carbonyl (C=O) groups is 1. The van der Waals surface area contributed by atoms with Crippen molar-refractivity contribution >= 4 is 36.5 Å². The maximum absolute atomic E-state index is 12.3. The van der Waals surface area contributed by atoms with E-state index in [0.29, 0.717) is 0 Å². The molecule has 3 rings (SSSR count). The maximum atomic E-state index is 12.3. The monoisotopic (exact) mass is 389 g/mol. The molecule has 1 amide bonds. The molecular weight excluding hydrogens is 361 g/mol. The highest BCUT2D eigenvalue weighted by molar-refractivity contribution is 5.85. The molecule has 3 N–H and O–H groups in total. The van der Waals surface area contributed by atoms with Gasteiger partial charge in [-0.2, -0.15) is 0 Å². The van der Waals surface area contributed by atoms with Gasteiger partial charge in [0.2, 0.25) is 5.91 Å². The van der Waals surface area contributed by atoms with Gasteiger partial charge in [-0.25, -0.2) is 9.97 Å². The van der Waals surface area contributed by atoms with E-state index in [-0.39, 0.29) is 48.7 Å². The van der Waals surface area contributed by atoms with Crippen molar-refractivity contribution in [1.82, 2.24) is 15.3 Å². The summed E-state index contributed by atoms with van der Waals surface area (Å²) >= 11 is 0. The van der Waals surface area contributed by atoms with Crippen LogP contribution in [0.5, 0.6) is 0 Å². The molecule has 0 bridgehead atoms. The molecule has 2 unspecified atom stereocenters. The van der Waals surface area contributed by atoms with Crippen molar-refractivity contribution in [1.29, 1.82) is 0 Å². The smallest absolute Gasteiger partial charge is 0.223 e. The lowest BCUT2D eigenvalue weighted by Crippen LogP contribution is -2.46. The fraction of sp³-hybridized carbons (Fsp3) is 0.706. The number of nitrogens with two attached hydrogens (primary N) is 1. The van der Waals surface area contributed by atoms with Crippen LogP contribution < -0.4 is 16.0 Å². The second kappa shape index (κ2) is 9.55. The number of nitrogens with zero attached hydrogens (tertiary/aromatic N) is 3. The van der Waals surface area contributed by atoms with Crippen molar-refractivity contribution in [2.75, 3.05) is 18.0 Å². The fourth-order valence-corrected chi connectivity index (χ4v) is 3.69.